The van der Waals surface area contributed by atoms with Crippen LogP contribution < -0.4 is 0 Å². The van der Waals surface area contributed by atoms with Crippen molar-refractivity contribution < 1.29 is 9.53 Å². The first-order valence-electron chi connectivity index (χ1n) is 6.76. The normalized spacial score (nSPS) is 11.4. The molecule has 0 spiro atoms. The maximum atomic E-state index is 12.1. The number of nitrogens with one attached hydrogen (secondary N) is 1. The van der Waals surface area contributed by atoms with E-state index in [-0.39, 0.29) is 5.97 Å². The van der Waals surface area contributed by atoms with Gasteiger partial charge in [-0.25, -0.2) is 4.79 Å². The number of H-pyrrole nitrogens is 1. The smallest absolute Gasteiger partial charge is 0.338 e. The number of hydrogen-bond donors (Lipinski definition) is 1. The van der Waals surface area contributed by atoms with Crippen molar-refractivity contribution in [2.45, 2.75) is 0 Å². The van der Waals surface area contributed by atoms with Crippen LogP contribution in [0.25, 0.3) is 32.7 Å². The molecule has 0 atom stereocenters. The summed E-state index contributed by atoms with van der Waals surface area (Å²) in [6.07, 6.45) is 1.70. The molecule has 108 valence electrons. The van der Waals surface area contributed by atoms with Crippen molar-refractivity contribution >= 4 is 50.3 Å². The highest BCUT2D eigenvalue weighted by molar-refractivity contribution is 6.36. The number of halogens is 1. The zero-order chi connectivity index (χ0) is 15.3. The van der Waals surface area contributed by atoms with E-state index >= 15 is 0 Å². The predicted molar refractivity (Wildman–Crippen MR) is 87.5 cm³/mol. The number of hydrogen-bond acceptors (Lipinski definition) is 3. The lowest BCUT2D eigenvalue weighted by atomic mass is 10.0. The third-order valence-corrected chi connectivity index (χ3v) is 4.17. The Kier molecular flexibility index (Phi) is 2.81. The second-order valence-corrected chi connectivity index (χ2v) is 5.43. The Labute approximate surface area is 130 Å². The summed E-state index contributed by atoms with van der Waals surface area (Å²) in [6, 6.07) is 11.2. The van der Waals surface area contributed by atoms with Crippen molar-refractivity contribution in [2.75, 3.05) is 7.11 Å². The molecule has 0 saturated carbocycles. The highest BCUT2D eigenvalue weighted by atomic mass is 35.5. The molecule has 4 aromatic rings. The van der Waals surface area contributed by atoms with E-state index in [1.807, 2.05) is 30.3 Å². The summed E-state index contributed by atoms with van der Waals surface area (Å²) < 4.78 is 4.90. The molecule has 5 heteroatoms. The first-order valence-corrected chi connectivity index (χ1v) is 7.14. The van der Waals surface area contributed by atoms with Gasteiger partial charge in [-0.05, 0) is 18.2 Å². The number of aromatic nitrogens is 2. The molecule has 4 nitrogen and oxygen atoms in total. The van der Waals surface area contributed by atoms with E-state index in [9.17, 15) is 4.79 Å². The van der Waals surface area contributed by atoms with E-state index in [4.69, 9.17) is 16.3 Å². The van der Waals surface area contributed by atoms with E-state index < -0.39 is 0 Å². The standard InChI is InChI=1S/C17H11ClN2O2/c1-22-17(21)12-8-11-9-4-2-6-13(18)14(9)20-16(11)15-10(12)5-3-7-19-15/h2-8,20H,1H3. The summed E-state index contributed by atoms with van der Waals surface area (Å²) in [5, 5.41) is 3.26. The van der Waals surface area contributed by atoms with E-state index in [2.05, 4.69) is 9.97 Å². The average molecular weight is 311 g/mol. The number of rotatable bonds is 1. The molecule has 0 aliphatic heterocycles. The van der Waals surface area contributed by atoms with Gasteiger partial charge >= 0.3 is 5.97 Å². The fourth-order valence-corrected chi connectivity index (χ4v) is 3.08. The van der Waals surface area contributed by atoms with Crippen LogP contribution in [0.5, 0.6) is 0 Å². The van der Waals surface area contributed by atoms with Crippen LogP contribution >= 0.6 is 11.6 Å². The number of nitrogens with zero attached hydrogens (tertiary/aromatic N) is 1. The SMILES string of the molecule is COC(=O)c1cc2c3cccc(Cl)c3[nH]c2c2ncccc12. The van der Waals surface area contributed by atoms with Gasteiger partial charge in [-0.1, -0.05) is 29.8 Å². The second-order valence-electron chi connectivity index (χ2n) is 5.03. The molecule has 0 bridgehead atoms. The highest BCUT2D eigenvalue weighted by Gasteiger charge is 2.17. The van der Waals surface area contributed by atoms with Gasteiger partial charge in [0.25, 0.3) is 0 Å². The number of benzene rings is 2. The van der Waals surface area contributed by atoms with E-state index in [0.717, 1.165) is 32.7 Å². The zero-order valence-corrected chi connectivity index (χ0v) is 12.4. The second kappa shape index (κ2) is 4.71. The molecule has 4 rings (SSSR count). The number of pyridine rings is 1. The molecule has 0 aliphatic carbocycles. The lowest BCUT2D eigenvalue weighted by Gasteiger charge is -2.05. The minimum atomic E-state index is -0.378. The largest absolute Gasteiger partial charge is 0.465 e. The van der Waals surface area contributed by atoms with Gasteiger partial charge in [0.15, 0.2) is 0 Å². The summed E-state index contributed by atoms with van der Waals surface area (Å²) in [6.45, 7) is 0. The Morgan fingerprint density at radius 1 is 1.14 bits per heavy atom. The van der Waals surface area contributed by atoms with Gasteiger partial charge in [-0.3, -0.25) is 4.98 Å². The van der Waals surface area contributed by atoms with Crippen LogP contribution in [0.3, 0.4) is 0 Å². The fraction of sp³-hybridized carbons (Fsp3) is 0.0588. The molecule has 0 unspecified atom stereocenters. The van der Waals surface area contributed by atoms with Gasteiger partial charge in [-0.15, -0.1) is 0 Å². The van der Waals surface area contributed by atoms with Crippen LogP contribution in [-0.2, 0) is 4.74 Å². The molecule has 2 heterocycles. The number of para-hydroxylation sites is 1. The summed E-state index contributed by atoms with van der Waals surface area (Å²) in [4.78, 5) is 19.9. The molecule has 0 aliphatic rings. The average Bonchev–Trinajstić information content (AvgIpc) is 2.94. The summed E-state index contributed by atoms with van der Waals surface area (Å²) in [7, 11) is 1.38. The molecule has 22 heavy (non-hydrogen) atoms. The topological polar surface area (TPSA) is 55.0 Å². The van der Waals surface area contributed by atoms with Gasteiger partial charge in [0.2, 0.25) is 0 Å². The highest BCUT2D eigenvalue weighted by Crippen LogP contribution is 2.35. The third-order valence-electron chi connectivity index (χ3n) is 3.85. The Hall–Kier alpha value is -2.59. The number of carbonyl (C=O) groups is 1. The van der Waals surface area contributed by atoms with Crippen LogP contribution in [0, 0.1) is 0 Å². The van der Waals surface area contributed by atoms with Crippen molar-refractivity contribution in [1.29, 1.82) is 0 Å². The Bertz CT molecular complexity index is 1050. The Morgan fingerprint density at radius 3 is 2.77 bits per heavy atom. The van der Waals surface area contributed by atoms with Crippen molar-refractivity contribution in [2.24, 2.45) is 0 Å². The number of fused-ring (bicyclic) bond motifs is 5. The van der Waals surface area contributed by atoms with Gasteiger partial charge in [0, 0.05) is 22.4 Å². The van der Waals surface area contributed by atoms with Crippen LogP contribution in [0.15, 0.2) is 42.6 Å². The number of carbonyl (C=O) groups excluding carboxylic acids is 1. The summed E-state index contributed by atoms with van der Waals surface area (Å²) >= 11 is 6.27. The van der Waals surface area contributed by atoms with Crippen molar-refractivity contribution in [3.05, 3.63) is 53.2 Å². The molecule has 0 fully saturated rings. The molecular weight excluding hydrogens is 300 g/mol. The lowest BCUT2D eigenvalue weighted by molar-refractivity contribution is 0.0603. The van der Waals surface area contributed by atoms with Crippen LogP contribution in [0.4, 0.5) is 0 Å². The third kappa shape index (κ3) is 1.71. The summed E-state index contributed by atoms with van der Waals surface area (Å²) in [5.74, 6) is -0.378. The van der Waals surface area contributed by atoms with Gasteiger partial charge in [0.1, 0.15) is 0 Å². The number of ether oxygens (including phenoxy) is 1. The van der Waals surface area contributed by atoms with Gasteiger partial charge in [-0.2, -0.15) is 0 Å². The first kappa shape index (κ1) is 13.1. The molecule has 2 aromatic carbocycles. The minimum Gasteiger partial charge on any atom is -0.465 e. The van der Waals surface area contributed by atoms with Crippen molar-refractivity contribution in [3.8, 4) is 0 Å². The van der Waals surface area contributed by atoms with Crippen LogP contribution in [0.1, 0.15) is 10.4 Å². The minimum absolute atomic E-state index is 0.378. The van der Waals surface area contributed by atoms with Crippen LogP contribution in [0.2, 0.25) is 5.02 Å². The van der Waals surface area contributed by atoms with Gasteiger partial charge in [0.05, 0.1) is 34.2 Å². The summed E-state index contributed by atoms with van der Waals surface area (Å²) in [5.41, 5.74) is 2.94. The number of esters is 1. The predicted octanol–water partition coefficient (Wildman–Crippen LogP) is 4.31. The zero-order valence-electron chi connectivity index (χ0n) is 11.7. The maximum Gasteiger partial charge on any atom is 0.338 e. The monoisotopic (exact) mass is 310 g/mol. The Morgan fingerprint density at radius 2 is 1.95 bits per heavy atom. The number of methoxy groups -OCH3 is 1. The van der Waals surface area contributed by atoms with Crippen LogP contribution in [-0.4, -0.2) is 23.0 Å². The van der Waals surface area contributed by atoms with Crippen molar-refractivity contribution in [1.82, 2.24) is 9.97 Å². The molecule has 0 amide bonds. The maximum absolute atomic E-state index is 12.1. The fourth-order valence-electron chi connectivity index (χ4n) is 2.86. The molecule has 0 saturated heterocycles. The first-order chi connectivity index (χ1) is 10.7. The van der Waals surface area contributed by atoms with Gasteiger partial charge < -0.3 is 9.72 Å². The van der Waals surface area contributed by atoms with E-state index in [1.54, 1.807) is 12.3 Å². The molecule has 0 radical (unpaired) electrons. The Balaban J connectivity index is 2.27. The number of aromatic amines is 1. The quantitative estimate of drug-likeness (QED) is 0.533. The van der Waals surface area contributed by atoms with E-state index in [1.165, 1.54) is 7.11 Å². The van der Waals surface area contributed by atoms with E-state index in [0.29, 0.717) is 10.6 Å². The molecular formula is C17H11ClN2O2. The molecule has 1 N–H and O–H groups in total. The lowest BCUT2D eigenvalue weighted by Crippen LogP contribution is -2.02. The molecule has 2 aromatic heterocycles. The van der Waals surface area contributed by atoms with Crippen molar-refractivity contribution in [3.63, 3.8) is 0 Å².